The molecule has 1 heterocycles. The molecule has 1 saturated heterocycles. The molecule has 2 rings (SSSR count). The molecule has 3 heteroatoms. The first-order valence-electron chi connectivity index (χ1n) is 5.32. The third kappa shape index (κ3) is 2.13. The number of rotatable bonds is 3. The second-order valence-corrected chi connectivity index (χ2v) is 5.52. The fourth-order valence-corrected chi connectivity index (χ4v) is 3.41. The highest BCUT2D eigenvalue weighted by atomic mass is 32.2. The van der Waals surface area contributed by atoms with Crippen molar-refractivity contribution in [1.82, 2.24) is 0 Å². The molecule has 0 aliphatic carbocycles. The second-order valence-electron chi connectivity index (χ2n) is 4.07. The molecule has 1 aromatic carbocycles. The van der Waals surface area contributed by atoms with Gasteiger partial charge in [-0.05, 0) is 24.3 Å². The quantitative estimate of drug-likeness (QED) is 0.825. The van der Waals surface area contributed by atoms with Gasteiger partial charge in [-0.3, -0.25) is 0 Å². The summed E-state index contributed by atoms with van der Waals surface area (Å²) in [5.41, 5.74) is 0.965. The van der Waals surface area contributed by atoms with Crippen molar-refractivity contribution < 1.29 is 5.11 Å². The summed E-state index contributed by atoms with van der Waals surface area (Å²) >= 11 is 1.93. The molecule has 0 amide bonds. The zero-order valence-corrected chi connectivity index (χ0v) is 9.76. The molecule has 1 aliphatic rings. The summed E-state index contributed by atoms with van der Waals surface area (Å²) in [5, 5.41) is 13.5. The van der Waals surface area contributed by atoms with Gasteiger partial charge in [-0.25, -0.2) is 0 Å². The molecule has 2 nitrogen and oxygen atoms in total. The number of hydrogen-bond acceptors (Lipinski definition) is 3. The fraction of sp³-hybridized carbons (Fsp3) is 0.500. The summed E-state index contributed by atoms with van der Waals surface area (Å²) in [5.74, 6) is 1.13. The Morgan fingerprint density at radius 2 is 2.20 bits per heavy atom. The first kappa shape index (κ1) is 10.8. The topological polar surface area (TPSA) is 32.3 Å². The van der Waals surface area contributed by atoms with E-state index >= 15 is 0 Å². The van der Waals surface area contributed by atoms with Crippen LogP contribution in [0.1, 0.15) is 13.3 Å². The van der Waals surface area contributed by atoms with E-state index in [1.165, 1.54) is 0 Å². The van der Waals surface area contributed by atoms with Crippen LogP contribution in [0.15, 0.2) is 30.3 Å². The van der Waals surface area contributed by atoms with Gasteiger partial charge in [0, 0.05) is 10.9 Å². The molecule has 0 bridgehead atoms. The van der Waals surface area contributed by atoms with Gasteiger partial charge < -0.3 is 10.4 Å². The molecule has 0 saturated carbocycles. The number of nitrogens with one attached hydrogen (secondary N) is 1. The lowest BCUT2D eigenvalue weighted by Crippen LogP contribution is -2.46. The van der Waals surface area contributed by atoms with Crippen molar-refractivity contribution in [3.05, 3.63) is 30.3 Å². The van der Waals surface area contributed by atoms with Crippen LogP contribution >= 0.6 is 11.8 Å². The van der Waals surface area contributed by atoms with E-state index in [0.717, 1.165) is 17.9 Å². The van der Waals surface area contributed by atoms with Crippen molar-refractivity contribution in [2.75, 3.05) is 17.7 Å². The Kier molecular flexibility index (Phi) is 3.22. The van der Waals surface area contributed by atoms with Crippen molar-refractivity contribution in [2.45, 2.75) is 24.1 Å². The molecule has 1 aromatic rings. The van der Waals surface area contributed by atoms with Crippen LogP contribution in [-0.2, 0) is 0 Å². The first-order valence-corrected chi connectivity index (χ1v) is 6.37. The van der Waals surface area contributed by atoms with Crippen LogP contribution < -0.4 is 5.32 Å². The lowest BCUT2D eigenvalue weighted by atomic mass is 9.93. The molecular formula is C12H17NOS. The van der Waals surface area contributed by atoms with Crippen LogP contribution in [0, 0.1) is 0 Å². The molecule has 0 spiro atoms. The van der Waals surface area contributed by atoms with Crippen molar-refractivity contribution in [3.63, 3.8) is 0 Å². The highest BCUT2D eigenvalue weighted by Crippen LogP contribution is 2.37. The van der Waals surface area contributed by atoms with Gasteiger partial charge in [0.1, 0.15) is 0 Å². The third-order valence-corrected chi connectivity index (χ3v) is 4.53. The molecule has 0 aromatic heterocycles. The predicted molar refractivity (Wildman–Crippen MR) is 66.4 cm³/mol. The third-order valence-electron chi connectivity index (χ3n) is 3.14. The molecule has 2 unspecified atom stereocenters. The molecule has 1 fully saturated rings. The van der Waals surface area contributed by atoms with Crippen LogP contribution in [-0.4, -0.2) is 28.3 Å². The van der Waals surface area contributed by atoms with Crippen LogP contribution in [0.25, 0.3) is 0 Å². The lowest BCUT2D eigenvalue weighted by molar-refractivity contribution is 0.212. The Bertz CT molecular complexity index is 317. The van der Waals surface area contributed by atoms with Crippen LogP contribution in [0.4, 0.5) is 5.69 Å². The zero-order valence-electron chi connectivity index (χ0n) is 8.94. The van der Waals surface area contributed by atoms with E-state index in [0.29, 0.717) is 5.25 Å². The summed E-state index contributed by atoms with van der Waals surface area (Å²) in [7, 11) is 0. The number of anilines is 1. The molecule has 2 N–H and O–H groups in total. The molecule has 2 atom stereocenters. The van der Waals surface area contributed by atoms with Gasteiger partial charge in [0.2, 0.25) is 0 Å². The summed E-state index contributed by atoms with van der Waals surface area (Å²) in [4.78, 5) is 0. The monoisotopic (exact) mass is 223 g/mol. The molecule has 1 aliphatic heterocycles. The van der Waals surface area contributed by atoms with E-state index in [9.17, 15) is 5.11 Å². The normalized spacial score (nSPS) is 30.4. The van der Waals surface area contributed by atoms with Crippen LogP contribution in [0.5, 0.6) is 0 Å². The average Bonchev–Trinajstić information content (AvgIpc) is 2.62. The van der Waals surface area contributed by atoms with Gasteiger partial charge in [0.15, 0.2) is 0 Å². The number of aliphatic hydroxyl groups is 1. The number of thioether (sulfide) groups is 1. The Hall–Kier alpha value is -0.670. The van der Waals surface area contributed by atoms with Gasteiger partial charge in [-0.2, -0.15) is 11.8 Å². The predicted octanol–water partition coefficient (Wildman–Crippen LogP) is 2.36. The Balaban J connectivity index is 2.15. The Morgan fingerprint density at radius 1 is 1.47 bits per heavy atom. The first-order chi connectivity index (χ1) is 7.27. The van der Waals surface area contributed by atoms with Gasteiger partial charge in [0.25, 0.3) is 0 Å². The molecular weight excluding hydrogens is 206 g/mol. The van der Waals surface area contributed by atoms with E-state index in [1.54, 1.807) is 0 Å². The van der Waals surface area contributed by atoms with Crippen molar-refractivity contribution in [3.8, 4) is 0 Å². The Morgan fingerprint density at radius 3 is 2.73 bits per heavy atom. The summed E-state index contributed by atoms with van der Waals surface area (Å²) in [6, 6.07) is 10.1. The minimum atomic E-state index is -0.133. The lowest BCUT2D eigenvalue weighted by Gasteiger charge is -2.33. The number of aliphatic hydroxyl groups excluding tert-OH is 1. The van der Waals surface area contributed by atoms with E-state index in [1.807, 2.05) is 42.1 Å². The molecule has 0 radical (unpaired) electrons. The van der Waals surface area contributed by atoms with Gasteiger partial charge in [-0.1, -0.05) is 25.1 Å². The number of benzene rings is 1. The summed E-state index contributed by atoms with van der Waals surface area (Å²) in [6.45, 7) is 2.39. The molecule has 15 heavy (non-hydrogen) atoms. The number of hydrogen-bond donors (Lipinski definition) is 2. The average molecular weight is 223 g/mol. The van der Waals surface area contributed by atoms with Crippen LogP contribution in [0.2, 0.25) is 0 Å². The number of para-hydroxylation sites is 1. The van der Waals surface area contributed by atoms with E-state index in [2.05, 4.69) is 12.2 Å². The zero-order chi connectivity index (χ0) is 10.7. The van der Waals surface area contributed by atoms with Crippen molar-refractivity contribution in [2.24, 2.45) is 0 Å². The highest BCUT2D eigenvalue weighted by Gasteiger charge is 2.40. The largest absolute Gasteiger partial charge is 0.394 e. The van der Waals surface area contributed by atoms with Gasteiger partial charge in [-0.15, -0.1) is 0 Å². The van der Waals surface area contributed by atoms with E-state index in [4.69, 9.17) is 0 Å². The van der Waals surface area contributed by atoms with Crippen molar-refractivity contribution >= 4 is 17.4 Å². The minimum Gasteiger partial charge on any atom is -0.394 e. The second kappa shape index (κ2) is 4.45. The standard InChI is InChI=1S/C12H17NOS/c1-10-12(9-14,7-8-15-10)13-11-5-3-2-4-6-11/h2-6,10,13-14H,7-9H2,1H3. The fourth-order valence-electron chi connectivity index (χ4n) is 2.00. The maximum Gasteiger partial charge on any atom is 0.0727 e. The van der Waals surface area contributed by atoms with E-state index in [-0.39, 0.29) is 12.1 Å². The van der Waals surface area contributed by atoms with Gasteiger partial charge in [0.05, 0.1) is 12.1 Å². The smallest absolute Gasteiger partial charge is 0.0727 e. The van der Waals surface area contributed by atoms with Crippen molar-refractivity contribution in [1.29, 1.82) is 0 Å². The highest BCUT2D eigenvalue weighted by molar-refractivity contribution is 8.00. The van der Waals surface area contributed by atoms with Crippen LogP contribution in [0.3, 0.4) is 0 Å². The summed E-state index contributed by atoms with van der Waals surface area (Å²) < 4.78 is 0. The Labute approximate surface area is 95.1 Å². The SMILES string of the molecule is CC1SCCC1(CO)Nc1ccccc1. The maximum absolute atomic E-state index is 9.57. The maximum atomic E-state index is 9.57. The molecule has 82 valence electrons. The minimum absolute atomic E-state index is 0.133. The van der Waals surface area contributed by atoms with Gasteiger partial charge >= 0.3 is 0 Å². The van der Waals surface area contributed by atoms with E-state index < -0.39 is 0 Å². The summed E-state index contributed by atoms with van der Waals surface area (Å²) in [6.07, 6.45) is 1.03.